The van der Waals surface area contributed by atoms with E-state index in [2.05, 4.69) is 4.98 Å². The van der Waals surface area contributed by atoms with E-state index in [0.717, 1.165) is 0 Å². The molecule has 0 aliphatic rings. The molecule has 1 atom stereocenters. The van der Waals surface area contributed by atoms with E-state index in [9.17, 15) is 9.59 Å². The molecule has 0 bridgehead atoms. The van der Waals surface area contributed by atoms with Gasteiger partial charge in [-0.15, -0.1) is 0 Å². The Morgan fingerprint density at radius 3 is 2.65 bits per heavy atom. The van der Waals surface area contributed by atoms with Crippen molar-refractivity contribution >= 4 is 11.9 Å². The van der Waals surface area contributed by atoms with E-state index >= 15 is 0 Å². The number of carboxylic acids is 2. The Bertz CT molecular complexity index is 379. The first kappa shape index (κ1) is 13.0. The highest BCUT2D eigenvalue weighted by atomic mass is 16.5. The van der Waals surface area contributed by atoms with Crippen molar-refractivity contribution in [3.05, 3.63) is 24.4 Å². The van der Waals surface area contributed by atoms with Gasteiger partial charge in [0.25, 0.3) is 0 Å². The van der Waals surface area contributed by atoms with E-state index in [1.165, 1.54) is 6.20 Å². The summed E-state index contributed by atoms with van der Waals surface area (Å²) >= 11 is 0. The predicted molar refractivity (Wildman–Crippen MR) is 57.8 cm³/mol. The van der Waals surface area contributed by atoms with Gasteiger partial charge >= 0.3 is 11.9 Å². The Hall–Kier alpha value is -2.11. The second-order valence-electron chi connectivity index (χ2n) is 3.40. The van der Waals surface area contributed by atoms with Crippen LogP contribution in [0, 0.1) is 0 Å². The molecule has 6 nitrogen and oxygen atoms in total. The van der Waals surface area contributed by atoms with Crippen LogP contribution in [0.25, 0.3) is 0 Å². The molecule has 1 aromatic heterocycles. The minimum atomic E-state index is -1.12. The fourth-order valence-electron chi connectivity index (χ4n) is 1.23. The normalized spacial score (nSPS) is 11.8. The zero-order chi connectivity index (χ0) is 12.7. The Balaban J connectivity index is 2.49. The number of rotatable bonds is 7. The molecule has 2 N–H and O–H groups in total. The van der Waals surface area contributed by atoms with Gasteiger partial charge in [-0.3, -0.25) is 4.79 Å². The Morgan fingerprint density at radius 1 is 1.35 bits per heavy atom. The van der Waals surface area contributed by atoms with Crippen LogP contribution in [-0.2, 0) is 9.59 Å². The van der Waals surface area contributed by atoms with Crippen molar-refractivity contribution in [3.63, 3.8) is 0 Å². The van der Waals surface area contributed by atoms with Gasteiger partial charge in [-0.05, 0) is 18.9 Å². The van der Waals surface area contributed by atoms with Gasteiger partial charge in [-0.2, -0.15) is 0 Å². The third-order valence-electron chi connectivity index (χ3n) is 2.03. The van der Waals surface area contributed by atoms with Crippen LogP contribution >= 0.6 is 0 Å². The Morgan fingerprint density at radius 2 is 2.12 bits per heavy atom. The second-order valence-corrected chi connectivity index (χ2v) is 3.40. The van der Waals surface area contributed by atoms with E-state index < -0.39 is 18.0 Å². The van der Waals surface area contributed by atoms with Crippen molar-refractivity contribution in [2.75, 3.05) is 0 Å². The van der Waals surface area contributed by atoms with Gasteiger partial charge in [0.15, 0.2) is 6.10 Å². The van der Waals surface area contributed by atoms with Crippen LogP contribution in [0.1, 0.15) is 19.3 Å². The van der Waals surface area contributed by atoms with Gasteiger partial charge in [0.05, 0.1) is 0 Å². The molecule has 0 fully saturated rings. The summed E-state index contributed by atoms with van der Waals surface area (Å²) in [5.74, 6) is -1.86. The molecule has 0 saturated carbocycles. The van der Waals surface area contributed by atoms with Crippen LogP contribution in [0.4, 0.5) is 0 Å². The first-order valence-electron chi connectivity index (χ1n) is 5.12. The summed E-state index contributed by atoms with van der Waals surface area (Å²) in [5, 5.41) is 17.4. The summed E-state index contributed by atoms with van der Waals surface area (Å²) in [5.41, 5.74) is 0. The number of pyridine rings is 1. The lowest BCUT2D eigenvalue weighted by molar-refractivity contribution is -0.146. The fraction of sp³-hybridized carbons (Fsp3) is 0.364. The lowest BCUT2D eigenvalue weighted by atomic mass is 10.1. The standard InChI is InChI=1S/C11H13NO5/c13-10(14)6-3-4-8(11(15)16)17-9-5-1-2-7-12-9/h1-2,5,7-8H,3-4,6H2,(H,13,14)(H,15,16). The number of ether oxygens (including phenoxy) is 1. The lowest BCUT2D eigenvalue weighted by Crippen LogP contribution is -2.27. The highest BCUT2D eigenvalue weighted by Crippen LogP contribution is 2.11. The van der Waals surface area contributed by atoms with Gasteiger partial charge in [0, 0.05) is 18.7 Å². The van der Waals surface area contributed by atoms with Gasteiger partial charge in [0.2, 0.25) is 5.88 Å². The van der Waals surface area contributed by atoms with E-state index in [0.29, 0.717) is 0 Å². The largest absolute Gasteiger partial charge is 0.481 e. The summed E-state index contributed by atoms with van der Waals surface area (Å²) in [4.78, 5) is 25.0. The quantitative estimate of drug-likeness (QED) is 0.741. The first-order valence-corrected chi connectivity index (χ1v) is 5.12. The summed E-state index contributed by atoms with van der Waals surface area (Å²) in [6.45, 7) is 0. The third kappa shape index (κ3) is 4.96. The molecule has 0 aromatic carbocycles. The number of aromatic nitrogens is 1. The molecule has 0 amide bonds. The smallest absolute Gasteiger partial charge is 0.344 e. The number of hydrogen-bond acceptors (Lipinski definition) is 4. The fourth-order valence-corrected chi connectivity index (χ4v) is 1.23. The molecule has 0 radical (unpaired) electrons. The minimum Gasteiger partial charge on any atom is -0.481 e. The maximum atomic E-state index is 10.9. The highest BCUT2D eigenvalue weighted by molar-refractivity contribution is 5.73. The minimum absolute atomic E-state index is 0.0740. The highest BCUT2D eigenvalue weighted by Gasteiger charge is 2.19. The number of carboxylic acid groups (broad SMARTS) is 2. The van der Waals surface area contributed by atoms with Crippen LogP contribution in [0.3, 0.4) is 0 Å². The number of aliphatic carboxylic acids is 2. The molecule has 92 valence electrons. The molecule has 0 aliphatic heterocycles. The summed E-state index contributed by atoms with van der Waals surface area (Å²) in [7, 11) is 0. The summed E-state index contributed by atoms with van der Waals surface area (Å²) < 4.78 is 5.15. The van der Waals surface area contributed by atoms with Gasteiger partial charge in [-0.25, -0.2) is 9.78 Å². The average Bonchev–Trinajstić information content (AvgIpc) is 2.28. The zero-order valence-electron chi connectivity index (χ0n) is 9.07. The van der Waals surface area contributed by atoms with Crippen LogP contribution < -0.4 is 4.74 Å². The van der Waals surface area contributed by atoms with Crippen LogP contribution in [0.5, 0.6) is 5.88 Å². The zero-order valence-corrected chi connectivity index (χ0v) is 9.07. The Labute approximate surface area is 97.9 Å². The van der Waals surface area contributed by atoms with E-state index in [1.54, 1.807) is 18.2 Å². The molecule has 0 saturated heterocycles. The van der Waals surface area contributed by atoms with E-state index in [4.69, 9.17) is 14.9 Å². The van der Waals surface area contributed by atoms with Crippen LogP contribution in [-0.4, -0.2) is 33.2 Å². The van der Waals surface area contributed by atoms with Gasteiger partial charge in [0.1, 0.15) is 0 Å². The maximum Gasteiger partial charge on any atom is 0.344 e. The monoisotopic (exact) mass is 239 g/mol. The molecular weight excluding hydrogens is 226 g/mol. The van der Waals surface area contributed by atoms with Gasteiger partial charge < -0.3 is 14.9 Å². The number of nitrogens with zero attached hydrogens (tertiary/aromatic N) is 1. The first-order chi connectivity index (χ1) is 8.09. The molecule has 1 aromatic rings. The molecule has 6 heteroatoms. The number of hydrogen-bond donors (Lipinski definition) is 2. The second kappa shape index (κ2) is 6.47. The molecular formula is C11H13NO5. The van der Waals surface area contributed by atoms with Crippen molar-refractivity contribution in [1.82, 2.24) is 4.98 Å². The molecule has 0 aliphatic carbocycles. The van der Waals surface area contributed by atoms with Crippen molar-refractivity contribution in [1.29, 1.82) is 0 Å². The van der Waals surface area contributed by atoms with Crippen molar-refractivity contribution in [2.24, 2.45) is 0 Å². The van der Waals surface area contributed by atoms with Crippen LogP contribution in [0.2, 0.25) is 0 Å². The van der Waals surface area contributed by atoms with Crippen molar-refractivity contribution < 1.29 is 24.5 Å². The van der Waals surface area contributed by atoms with Crippen molar-refractivity contribution in [2.45, 2.75) is 25.4 Å². The summed E-state index contributed by atoms with van der Waals surface area (Å²) in [6.07, 6.45) is 0.738. The molecule has 1 unspecified atom stereocenters. The molecule has 1 rings (SSSR count). The molecule has 0 spiro atoms. The lowest BCUT2D eigenvalue weighted by Gasteiger charge is -2.13. The van der Waals surface area contributed by atoms with E-state index in [1.807, 2.05) is 0 Å². The summed E-state index contributed by atoms with van der Waals surface area (Å²) in [6, 6.07) is 4.92. The topological polar surface area (TPSA) is 96.7 Å². The third-order valence-corrected chi connectivity index (χ3v) is 2.03. The van der Waals surface area contributed by atoms with Crippen LogP contribution in [0.15, 0.2) is 24.4 Å². The average molecular weight is 239 g/mol. The SMILES string of the molecule is O=C(O)CCCC(Oc1ccccn1)C(=O)O. The molecule has 1 heterocycles. The van der Waals surface area contributed by atoms with E-state index in [-0.39, 0.29) is 25.1 Å². The van der Waals surface area contributed by atoms with Gasteiger partial charge in [-0.1, -0.05) is 6.07 Å². The predicted octanol–water partition coefficient (Wildman–Crippen LogP) is 1.17. The number of carbonyl (C=O) groups is 2. The molecule has 17 heavy (non-hydrogen) atoms. The Kier molecular flexibility index (Phi) is 4.93. The van der Waals surface area contributed by atoms with Crippen molar-refractivity contribution in [3.8, 4) is 5.88 Å². The maximum absolute atomic E-state index is 10.9.